The van der Waals surface area contributed by atoms with E-state index in [0.717, 1.165) is 16.3 Å². The zero-order valence-electron chi connectivity index (χ0n) is 10.7. The van der Waals surface area contributed by atoms with Crippen LogP contribution in [0.3, 0.4) is 0 Å². The zero-order chi connectivity index (χ0) is 13.1. The molecule has 1 aromatic heterocycles. The lowest BCUT2D eigenvalue weighted by Gasteiger charge is -1.97. The molecule has 0 aliphatic carbocycles. The minimum absolute atomic E-state index is 0.0402. The molecule has 0 unspecified atom stereocenters. The summed E-state index contributed by atoms with van der Waals surface area (Å²) in [6.07, 6.45) is 0. The van der Waals surface area contributed by atoms with Gasteiger partial charge in [-0.2, -0.15) is 0 Å². The van der Waals surface area contributed by atoms with Gasteiger partial charge in [-0.15, -0.1) is 11.3 Å². The van der Waals surface area contributed by atoms with Gasteiger partial charge in [-0.1, -0.05) is 23.8 Å². The van der Waals surface area contributed by atoms with Crippen molar-refractivity contribution < 1.29 is 9.53 Å². The second-order valence-electron chi connectivity index (χ2n) is 4.15. The number of rotatable bonds is 4. The molecule has 0 spiro atoms. The number of carbonyl (C=O) groups excluding carboxylic acids is 1. The third kappa shape index (κ3) is 2.66. The first-order valence-corrected chi connectivity index (χ1v) is 6.50. The average molecular weight is 261 g/mol. The molecule has 0 amide bonds. The number of ether oxygens (including phenoxy) is 1. The van der Waals surface area contributed by atoms with E-state index in [9.17, 15) is 4.79 Å². The van der Waals surface area contributed by atoms with E-state index in [-0.39, 0.29) is 5.78 Å². The third-order valence-electron chi connectivity index (χ3n) is 2.56. The van der Waals surface area contributed by atoms with Crippen LogP contribution in [0.2, 0.25) is 0 Å². The van der Waals surface area contributed by atoms with Gasteiger partial charge in [0, 0.05) is 19.6 Å². The van der Waals surface area contributed by atoms with E-state index >= 15 is 0 Å². The highest BCUT2D eigenvalue weighted by atomic mass is 32.1. The number of nitrogens with zero attached hydrogens (tertiary/aromatic N) is 1. The van der Waals surface area contributed by atoms with Crippen molar-refractivity contribution in [2.24, 2.45) is 0 Å². The van der Waals surface area contributed by atoms with E-state index in [0.29, 0.717) is 11.5 Å². The summed E-state index contributed by atoms with van der Waals surface area (Å²) in [5.41, 5.74) is 2.96. The number of ketones is 1. The molecule has 0 N–H and O–H groups in total. The van der Waals surface area contributed by atoms with E-state index in [4.69, 9.17) is 4.74 Å². The molecule has 0 aliphatic heterocycles. The third-order valence-corrected chi connectivity index (χ3v) is 3.81. The van der Waals surface area contributed by atoms with Gasteiger partial charge in [0.05, 0.1) is 17.2 Å². The molecule has 3 nitrogen and oxygen atoms in total. The molecule has 0 bridgehead atoms. The Bertz CT molecular complexity index is 575. The summed E-state index contributed by atoms with van der Waals surface area (Å²) in [5, 5.41) is 0.871. The molecule has 0 fully saturated rings. The number of hydrogen-bond acceptors (Lipinski definition) is 4. The van der Waals surface area contributed by atoms with Gasteiger partial charge in [0.25, 0.3) is 0 Å². The van der Waals surface area contributed by atoms with Crippen molar-refractivity contribution >= 4 is 17.1 Å². The van der Waals surface area contributed by atoms with Crippen LogP contribution < -0.4 is 0 Å². The van der Waals surface area contributed by atoms with Gasteiger partial charge >= 0.3 is 0 Å². The van der Waals surface area contributed by atoms with Gasteiger partial charge in [0.1, 0.15) is 5.01 Å². The summed E-state index contributed by atoms with van der Waals surface area (Å²) in [6.45, 7) is 3.98. The van der Waals surface area contributed by atoms with Crippen LogP contribution in [0.25, 0.3) is 10.6 Å². The molecule has 0 atom stereocenters. The minimum Gasteiger partial charge on any atom is -0.378 e. The topological polar surface area (TPSA) is 39.2 Å². The molecule has 2 aromatic rings. The Morgan fingerprint density at radius 2 is 2.22 bits per heavy atom. The second-order valence-corrected chi connectivity index (χ2v) is 5.15. The summed E-state index contributed by atoms with van der Waals surface area (Å²) in [6, 6.07) is 8.11. The van der Waals surface area contributed by atoms with E-state index in [1.165, 1.54) is 16.9 Å². The van der Waals surface area contributed by atoms with Crippen molar-refractivity contribution in [2.75, 3.05) is 7.11 Å². The first-order valence-electron chi connectivity index (χ1n) is 5.68. The normalized spacial score (nSPS) is 10.6. The van der Waals surface area contributed by atoms with Gasteiger partial charge in [0.2, 0.25) is 0 Å². The van der Waals surface area contributed by atoms with E-state index in [1.807, 2.05) is 25.1 Å². The standard InChI is InChI=1S/C14H15NO2S/c1-9-5-4-6-11(7-9)14-15-12(8-17-3)13(18-14)10(2)16/h4-7H,8H2,1-3H3. The van der Waals surface area contributed by atoms with Crippen LogP contribution in [0.1, 0.15) is 27.9 Å². The largest absolute Gasteiger partial charge is 0.378 e. The maximum absolute atomic E-state index is 11.6. The highest BCUT2D eigenvalue weighted by Crippen LogP contribution is 2.29. The lowest BCUT2D eigenvalue weighted by molar-refractivity contribution is 0.101. The lowest BCUT2D eigenvalue weighted by Crippen LogP contribution is -1.97. The van der Waals surface area contributed by atoms with Gasteiger partial charge in [-0.25, -0.2) is 4.98 Å². The Hall–Kier alpha value is -1.52. The maximum Gasteiger partial charge on any atom is 0.171 e. The fourth-order valence-electron chi connectivity index (χ4n) is 1.76. The van der Waals surface area contributed by atoms with Crippen LogP contribution >= 0.6 is 11.3 Å². The monoisotopic (exact) mass is 261 g/mol. The van der Waals surface area contributed by atoms with E-state index < -0.39 is 0 Å². The first-order chi connectivity index (χ1) is 8.61. The molecule has 4 heteroatoms. The smallest absolute Gasteiger partial charge is 0.171 e. The molecule has 18 heavy (non-hydrogen) atoms. The summed E-state index contributed by atoms with van der Waals surface area (Å²) >= 11 is 1.43. The van der Waals surface area contributed by atoms with Crippen molar-refractivity contribution in [3.8, 4) is 10.6 Å². The molecular formula is C14H15NO2S. The Balaban J connectivity index is 2.46. The van der Waals surface area contributed by atoms with Crippen LogP contribution in [0.5, 0.6) is 0 Å². The molecule has 0 radical (unpaired) electrons. The van der Waals surface area contributed by atoms with Crippen LogP contribution in [0.4, 0.5) is 0 Å². The molecule has 1 heterocycles. The number of Topliss-reactive ketones (excluding diaryl/α,β-unsaturated/α-hetero) is 1. The van der Waals surface area contributed by atoms with Crippen LogP contribution in [-0.4, -0.2) is 17.9 Å². The van der Waals surface area contributed by atoms with Gasteiger partial charge < -0.3 is 4.74 Å². The van der Waals surface area contributed by atoms with Crippen molar-refractivity contribution in [1.82, 2.24) is 4.98 Å². The summed E-state index contributed by atoms with van der Waals surface area (Å²) < 4.78 is 5.08. The Labute approximate surface area is 110 Å². The van der Waals surface area contributed by atoms with Crippen molar-refractivity contribution in [2.45, 2.75) is 20.5 Å². The highest BCUT2D eigenvalue weighted by molar-refractivity contribution is 7.17. The SMILES string of the molecule is COCc1nc(-c2cccc(C)c2)sc1C(C)=O. The van der Waals surface area contributed by atoms with Gasteiger partial charge in [0.15, 0.2) is 5.78 Å². The first kappa shape index (κ1) is 12.9. The molecule has 0 aliphatic rings. The predicted octanol–water partition coefficient (Wildman–Crippen LogP) is 3.47. The number of aromatic nitrogens is 1. The Kier molecular flexibility index (Phi) is 3.89. The fraction of sp³-hybridized carbons (Fsp3) is 0.286. The molecule has 0 saturated carbocycles. The highest BCUT2D eigenvalue weighted by Gasteiger charge is 2.15. The van der Waals surface area contributed by atoms with E-state index in [1.54, 1.807) is 14.0 Å². The number of benzene rings is 1. The van der Waals surface area contributed by atoms with Crippen LogP contribution in [-0.2, 0) is 11.3 Å². The predicted molar refractivity (Wildman–Crippen MR) is 73.0 cm³/mol. The van der Waals surface area contributed by atoms with Gasteiger partial charge in [-0.3, -0.25) is 4.79 Å². The lowest BCUT2D eigenvalue weighted by atomic mass is 10.1. The zero-order valence-corrected chi connectivity index (χ0v) is 11.5. The molecule has 0 saturated heterocycles. The maximum atomic E-state index is 11.6. The summed E-state index contributed by atoms with van der Waals surface area (Å²) in [4.78, 5) is 16.8. The fourth-order valence-corrected chi connectivity index (χ4v) is 2.72. The van der Waals surface area contributed by atoms with Crippen LogP contribution in [0.15, 0.2) is 24.3 Å². The summed E-state index contributed by atoms with van der Waals surface area (Å²) in [7, 11) is 1.61. The average Bonchev–Trinajstić information content (AvgIpc) is 2.74. The molecule has 2 rings (SSSR count). The molecule has 1 aromatic carbocycles. The van der Waals surface area contributed by atoms with E-state index in [2.05, 4.69) is 11.1 Å². The van der Waals surface area contributed by atoms with Crippen molar-refractivity contribution in [3.05, 3.63) is 40.4 Å². The summed E-state index contributed by atoms with van der Waals surface area (Å²) in [5.74, 6) is 0.0402. The number of aryl methyl sites for hydroxylation is 1. The second kappa shape index (κ2) is 5.42. The van der Waals surface area contributed by atoms with Crippen molar-refractivity contribution in [3.63, 3.8) is 0 Å². The number of thiazole rings is 1. The Morgan fingerprint density at radius 1 is 1.44 bits per heavy atom. The molecule has 94 valence electrons. The quantitative estimate of drug-likeness (QED) is 0.791. The number of carbonyl (C=O) groups is 1. The Morgan fingerprint density at radius 3 is 2.83 bits per heavy atom. The molecular weight excluding hydrogens is 246 g/mol. The number of methoxy groups -OCH3 is 1. The van der Waals surface area contributed by atoms with Crippen LogP contribution in [0, 0.1) is 6.92 Å². The van der Waals surface area contributed by atoms with Crippen molar-refractivity contribution in [1.29, 1.82) is 0 Å². The number of hydrogen-bond donors (Lipinski definition) is 0. The minimum atomic E-state index is 0.0402. The van der Waals surface area contributed by atoms with Gasteiger partial charge in [-0.05, 0) is 13.0 Å².